The number of hydrogen-bond acceptors (Lipinski definition) is 3. The van der Waals surface area contributed by atoms with Gasteiger partial charge in [-0.05, 0) is 65.4 Å². The number of aromatic nitrogens is 2. The van der Waals surface area contributed by atoms with E-state index in [2.05, 4.69) is 10.2 Å². The summed E-state index contributed by atoms with van der Waals surface area (Å²) in [5.74, 6) is 0. The molecule has 35 heavy (non-hydrogen) atoms. The molecule has 178 valence electrons. The second kappa shape index (κ2) is 8.05. The fourth-order valence-electron chi connectivity index (χ4n) is 4.39. The summed E-state index contributed by atoms with van der Waals surface area (Å²) in [6.07, 6.45) is -10.4. The van der Waals surface area contributed by atoms with Gasteiger partial charge in [-0.25, -0.2) is 0 Å². The Hall–Kier alpha value is -3.46. The fourth-order valence-corrected chi connectivity index (χ4v) is 5.11. The molecule has 2 aromatic heterocycles. The third kappa shape index (κ3) is 3.93. The quantitative estimate of drug-likeness (QED) is 0.178. The van der Waals surface area contributed by atoms with Gasteiger partial charge in [0.05, 0.1) is 16.0 Å². The van der Waals surface area contributed by atoms with Gasteiger partial charge in [0.25, 0.3) is 0 Å². The average Bonchev–Trinajstić information content (AvgIpc) is 3.32. The van der Waals surface area contributed by atoms with Crippen molar-refractivity contribution in [1.29, 1.82) is 0 Å². The molecule has 0 aliphatic heterocycles. The van der Waals surface area contributed by atoms with Crippen LogP contribution < -0.4 is 0 Å². The lowest BCUT2D eigenvalue weighted by molar-refractivity contribution is -0.162. The molecule has 0 aliphatic carbocycles. The Morgan fingerprint density at radius 1 is 0.686 bits per heavy atom. The van der Waals surface area contributed by atoms with Crippen molar-refractivity contribution < 1.29 is 26.3 Å². The van der Waals surface area contributed by atoms with E-state index in [4.69, 9.17) is 0 Å². The van der Waals surface area contributed by atoms with Crippen molar-refractivity contribution in [2.24, 2.45) is 0 Å². The summed E-state index contributed by atoms with van der Waals surface area (Å²) >= 11 is 1.44. The van der Waals surface area contributed by atoms with Gasteiger partial charge in [-0.15, -0.1) is 21.5 Å². The fraction of sp³-hybridized carbons (Fsp3) is 0.154. The molecule has 0 saturated heterocycles. The molecular formula is C26H16F6N2S. The van der Waals surface area contributed by atoms with Crippen molar-refractivity contribution in [3.63, 3.8) is 0 Å². The second-order valence-corrected chi connectivity index (χ2v) is 9.16. The van der Waals surface area contributed by atoms with E-state index >= 15 is 0 Å². The first-order chi connectivity index (χ1) is 16.5. The monoisotopic (exact) mass is 502 g/mol. The topological polar surface area (TPSA) is 25.8 Å². The maximum Gasteiger partial charge on any atom is 0.417 e. The van der Waals surface area contributed by atoms with E-state index in [1.165, 1.54) is 18.3 Å². The summed E-state index contributed by atoms with van der Waals surface area (Å²) < 4.78 is 82.5. The van der Waals surface area contributed by atoms with Crippen LogP contribution in [-0.4, -0.2) is 10.2 Å². The zero-order valence-corrected chi connectivity index (χ0v) is 19.2. The molecule has 0 atom stereocenters. The van der Waals surface area contributed by atoms with Crippen LogP contribution in [0.15, 0.2) is 60.0 Å². The Morgan fingerprint density at radius 3 is 1.83 bits per heavy atom. The molecule has 2 nitrogen and oxygen atoms in total. The summed E-state index contributed by atoms with van der Waals surface area (Å²) in [4.78, 5) is 0.820. The summed E-state index contributed by atoms with van der Waals surface area (Å²) in [5, 5.41) is 13.3. The lowest BCUT2D eigenvalue weighted by Crippen LogP contribution is -2.19. The third-order valence-electron chi connectivity index (χ3n) is 6.14. The highest BCUT2D eigenvalue weighted by Crippen LogP contribution is 2.46. The largest absolute Gasteiger partial charge is 0.417 e. The maximum absolute atomic E-state index is 13.8. The van der Waals surface area contributed by atoms with E-state index in [9.17, 15) is 26.3 Å². The van der Waals surface area contributed by atoms with Crippen molar-refractivity contribution in [3.05, 3.63) is 82.2 Å². The van der Waals surface area contributed by atoms with E-state index < -0.39 is 29.0 Å². The molecule has 0 aliphatic rings. The first kappa shape index (κ1) is 23.3. The third-order valence-corrected chi connectivity index (χ3v) is 7.02. The van der Waals surface area contributed by atoms with E-state index in [0.29, 0.717) is 22.5 Å². The van der Waals surface area contributed by atoms with Crippen molar-refractivity contribution in [3.8, 4) is 21.8 Å². The summed E-state index contributed by atoms with van der Waals surface area (Å²) in [6.45, 7) is 2.43. The summed E-state index contributed by atoms with van der Waals surface area (Å²) in [6, 6.07) is 15.4. The smallest absolute Gasteiger partial charge is 0.166 e. The van der Waals surface area contributed by atoms with Gasteiger partial charge < -0.3 is 0 Å². The second-order valence-electron chi connectivity index (χ2n) is 8.21. The Bertz CT molecular complexity index is 1580. The Labute approximate surface area is 199 Å². The molecule has 0 amide bonds. The molecule has 2 heterocycles. The molecule has 0 radical (unpaired) electrons. The van der Waals surface area contributed by atoms with Crippen LogP contribution >= 0.6 is 11.3 Å². The first-order valence-electron chi connectivity index (χ1n) is 10.5. The van der Waals surface area contributed by atoms with Crippen molar-refractivity contribution in [1.82, 2.24) is 10.2 Å². The molecular weight excluding hydrogens is 486 g/mol. The van der Waals surface area contributed by atoms with Crippen LogP contribution in [0.5, 0.6) is 0 Å². The molecule has 5 rings (SSSR count). The highest BCUT2D eigenvalue weighted by atomic mass is 32.1. The average molecular weight is 502 g/mol. The number of fused-ring (bicyclic) bond motifs is 2. The van der Waals surface area contributed by atoms with Gasteiger partial charge in [-0.3, -0.25) is 0 Å². The van der Waals surface area contributed by atoms with Crippen LogP contribution in [-0.2, 0) is 12.4 Å². The van der Waals surface area contributed by atoms with E-state index in [1.807, 2.05) is 47.8 Å². The normalized spacial score (nSPS) is 12.6. The molecule has 3 aromatic carbocycles. The summed E-state index contributed by atoms with van der Waals surface area (Å²) in [5.41, 5.74) is -3.20. The van der Waals surface area contributed by atoms with Gasteiger partial charge in [0.15, 0.2) is 0 Å². The van der Waals surface area contributed by atoms with E-state index in [-0.39, 0.29) is 16.8 Å². The predicted molar refractivity (Wildman–Crippen MR) is 125 cm³/mol. The molecule has 9 heteroatoms. The van der Waals surface area contributed by atoms with Crippen molar-refractivity contribution in [2.75, 3.05) is 0 Å². The van der Waals surface area contributed by atoms with Gasteiger partial charge in [0, 0.05) is 16.3 Å². The molecule has 0 bridgehead atoms. The van der Waals surface area contributed by atoms with Gasteiger partial charge >= 0.3 is 12.4 Å². The molecule has 0 unspecified atom stereocenters. The number of halogens is 6. The molecule has 0 fully saturated rings. The zero-order valence-electron chi connectivity index (χ0n) is 18.3. The van der Waals surface area contributed by atoms with Gasteiger partial charge in [0.2, 0.25) is 0 Å². The van der Waals surface area contributed by atoms with Crippen molar-refractivity contribution in [2.45, 2.75) is 26.2 Å². The lowest BCUT2D eigenvalue weighted by Gasteiger charge is -2.22. The Morgan fingerprint density at radius 2 is 1.29 bits per heavy atom. The molecule has 0 N–H and O–H groups in total. The summed E-state index contributed by atoms with van der Waals surface area (Å²) in [7, 11) is 0. The van der Waals surface area contributed by atoms with Crippen molar-refractivity contribution >= 4 is 32.9 Å². The van der Waals surface area contributed by atoms with Gasteiger partial charge in [-0.1, -0.05) is 30.3 Å². The number of thiophene rings is 1. The van der Waals surface area contributed by atoms with E-state index in [0.717, 1.165) is 22.6 Å². The van der Waals surface area contributed by atoms with Crippen LogP contribution in [0.2, 0.25) is 0 Å². The maximum atomic E-state index is 13.8. The van der Waals surface area contributed by atoms with Crippen LogP contribution in [0.3, 0.4) is 0 Å². The van der Waals surface area contributed by atoms with E-state index in [1.54, 1.807) is 6.07 Å². The predicted octanol–water partition coefficient (Wildman–Crippen LogP) is 8.83. The number of rotatable bonds is 2. The minimum Gasteiger partial charge on any atom is -0.166 e. The number of alkyl halides is 6. The first-order valence-corrected chi connectivity index (χ1v) is 11.4. The van der Waals surface area contributed by atoms with Gasteiger partial charge in [-0.2, -0.15) is 26.3 Å². The number of benzene rings is 3. The molecule has 5 aromatic rings. The van der Waals surface area contributed by atoms with Crippen LogP contribution in [0.1, 0.15) is 22.3 Å². The SMILES string of the molecule is Cc1c(-c2nnc(-c3cccs3)c3cc4ccccc4cc23)cc(C(F)(F)F)c(C(F)(F)F)c1C. The highest BCUT2D eigenvalue weighted by Gasteiger charge is 2.45. The Kier molecular flexibility index (Phi) is 5.36. The zero-order chi connectivity index (χ0) is 25.1. The van der Waals surface area contributed by atoms with Crippen LogP contribution in [0.25, 0.3) is 43.4 Å². The standard InChI is InChI=1S/C26H16F6N2S/c1-13-14(2)22(26(30,31)32)20(25(27,28)29)12-17(13)23-18-10-15-6-3-4-7-16(15)11-19(18)24(34-33-23)21-8-5-9-35-21/h3-12H,1-2H3. The minimum atomic E-state index is -5.20. The Balaban J connectivity index is 1.90. The van der Waals surface area contributed by atoms with Crippen LogP contribution in [0.4, 0.5) is 26.3 Å². The lowest BCUT2D eigenvalue weighted by atomic mass is 9.89. The van der Waals surface area contributed by atoms with Gasteiger partial charge in [0.1, 0.15) is 11.4 Å². The van der Waals surface area contributed by atoms with Crippen LogP contribution in [0, 0.1) is 13.8 Å². The molecule has 0 saturated carbocycles. The number of nitrogens with zero attached hydrogens (tertiary/aromatic N) is 2. The number of hydrogen-bond donors (Lipinski definition) is 0. The molecule has 0 spiro atoms. The highest BCUT2D eigenvalue weighted by molar-refractivity contribution is 7.13. The minimum absolute atomic E-state index is 0.0339.